The van der Waals surface area contributed by atoms with Gasteiger partial charge in [-0.3, -0.25) is 0 Å². The largest absolute Gasteiger partial charge is 0.468 e. The highest BCUT2D eigenvalue weighted by molar-refractivity contribution is 5.14. The van der Waals surface area contributed by atoms with E-state index in [9.17, 15) is 5.11 Å². The minimum Gasteiger partial charge on any atom is -0.468 e. The third kappa shape index (κ3) is 2.66. The predicted molar refractivity (Wildman–Crippen MR) is 63.1 cm³/mol. The number of aliphatic hydroxyl groups excluding tert-OH is 1. The highest BCUT2D eigenvalue weighted by atomic mass is 16.3. The second-order valence-corrected chi connectivity index (χ2v) is 4.74. The van der Waals surface area contributed by atoms with E-state index >= 15 is 0 Å². The van der Waals surface area contributed by atoms with Gasteiger partial charge in [-0.15, -0.1) is 0 Å². The van der Waals surface area contributed by atoms with Crippen LogP contribution in [0.1, 0.15) is 37.0 Å². The maximum Gasteiger partial charge on any atom is 0.120 e. The average molecular weight is 223 g/mol. The number of furan rings is 1. The molecule has 0 amide bonds. The minimum absolute atomic E-state index is 0.300. The third-order valence-corrected chi connectivity index (χ3v) is 3.64. The number of rotatable bonds is 4. The summed E-state index contributed by atoms with van der Waals surface area (Å²) < 4.78 is 5.40. The first kappa shape index (κ1) is 11.7. The van der Waals surface area contributed by atoms with Crippen molar-refractivity contribution in [2.45, 2.75) is 45.2 Å². The maximum atomic E-state index is 9.31. The molecule has 90 valence electrons. The van der Waals surface area contributed by atoms with Crippen molar-refractivity contribution < 1.29 is 9.52 Å². The van der Waals surface area contributed by atoms with Gasteiger partial charge in [0.2, 0.25) is 0 Å². The van der Waals surface area contributed by atoms with Crippen molar-refractivity contribution in [3.63, 3.8) is 0 Å². The van der Waals surface area contributed by atoms with Crippen LogP contribution in [-0.2, 0) is 6.54 Å². The molecule has 1 fully saturated rings. The maximum absolute atomic E-state index is 9.31. The van der Waals surface area contributed by atoms with E-state index < -0.39 is 0 Å². The van der Waals surface area contributed by atoms with Crippen LogP contribution in [0.25, 0.3) is 0 Å². The van der Waals surface area contributed by atoms with Crippen molar-refractivity contribution in [1.29, 1.82) is 0 Å². The molecule has 0 aromatic carbocycles. The topological polar surface area (TPSA) is 45.4 Å². The molecule has 2 rings (SSSR count). The molecule has 16 heavy (non-hydrogen) atoms. The molecule has 1 aliphatic carbocycles. The molecular weight excluding hydrogens is 202 g/mol. The zero-order chi connectivity index (χ0) is 11.4. The van der Waals surface area contributed by atoms with E-state index in [4.69, 9.17) is 4.42 Å². The Balaban J connectivity index is 1.86. The molecule has 2 unspecified atom stereocenters. The summed E-state index contributed by atoms with van der Waals surface area (Å²) in [7, 11) is 0. The molecule has 1 aromatic heterocycles. The second kappa shape index (κ2) is 5.51. The van der Waals surface area contributed by atoms with Crippen molar-refractivity contribution in [2.75, 3.05) is 6.61 Å². The Morgan fingerprint density at radius 1 is 1.44 bits per heavy atom. The van der Waals surface area contributed by atoms with Crippen LogP contribution in [0.4, 0.5) is 0 Å². The predicted octanol–water partition coefficient (Wildman–Crippen LogP) is 2.23. The van der Waals surface area contributed by atoms with E-state index in [1.807, 2.05) is 6.07 Å². The number of nitrogens with one attached hydrogen (secondary N) is 1. The van der Waals surface area contributed by atoms with Gasteiger partial charge in [0.05, 0.1) is 12.8 Å². The van der Waals surface area contributed by atoms with Crippen LogP contribution in [0.15, 0.2) is 16.7 Å². The summed E-state index contributed by atoms with van der Waals surface area (Å²) in [5.41, 5.74) is 1.20. The first-order chi connectivity index (χ1) is 7.81. The molecule has 1 saturated carbocycles. The van der Waals surface area contributed by atoms with Crippen LogP contribution in [0, 0.1) is 12.8 Å². The molecule has 2 N–H and O–H groups in total. The van der Waals surface area contributed by atoms with E-state index in [2.05, 4.69) is 12.2 Å². The van der Waals surface area contributed by atoms with E-state index in [-0.39, 0.29) is 0 Å². The fourth-order valence-corrected chi connectivity index (χ4v) is 2.50. The van der Waals surface area contributed by atoms with Crippen molar-refractivity contribution in [3.8, 4) is 0 Å². The monoisotopic (exact) mass is 223 g/mol. The lowest BCUT2D eigenvalue weighted by molar-refractivity contribution is 0.151. The first-order valence-electron chi connectivity index (χ1n) is 6.18. The van der Waals surface area contributed by atoms with Crippen LogP contribution in [-0.4, -0.2) is 17.8 Å². The van der Waals surface area contributed by atoms with Crippen LogP contribution in [0.2, 0.25) is 0 Å². The summed E-state index contributed by atoms with van der Waals surface area (Å²) in [6.07, 6.45) is 6.57. The molecular formula is C13H21NO2. The summed E-state index contributed by atoms with van der Waals surface area (Å²) in [6, 6.07) is 2.43. The second-order valence-electron chi connectivity index (χ2n) is 4.74. The number of aryl methyl sites for hydroxylation is 1. The van der Waals surface area contributed by atoms with Gasteiger partial charge in [0, 0.05) is 12.6 Å². The fraction of sp³-hybridized carbons (Fsp3) is 0.692. The molecule has 1 aliphatic rings. The number of hydrogen-bond acceptors (Lipinski definition) is 3. The molecule has 1 aromatic rings. The Morgan fingerprint density at radius 3 is 2.94 bits per heavy atom. The van der Waals surface area contributed by atoms with Gasteiger partial charge in [0.15, 0.2) is 0 Å². The molecule has 0 aliphatic heterocycles. The Hall–Kier alpha value is -0.800. The summed E-state index contributed by atoms with van der Waals surface area (Å²) in [6.45, 7) is 3.14. The molecule has 3 nitrogen and oxygen atoms in total. The molecule has 1 heterocycles. The molecule has 0 spiro atoms. The fourth-order valence-electron chi connectivity index (χ4n) is 2.50. The lowest BCUT2D eigenvalue weighted by Crippen LogP contribution is -2.39. The van der Waals surface area contributed by atoms with Gasteiger partial charge in [-0.05, 0) is 37.3 Å². The molecule has 0 saturated heterocycles. The Labute approximate surface area is 96.8 Å². The number of aliphatic hydroxyl groups is 1. The van der Waals surface area contributed by atoms with Crippen molar-refractivity contribution in [1.82, 2.24) is 5.32 Å². The van der Waals surface area contributed by atoms with E-state index in [1.165, 1.54) is 24.8 Å². The smallest absolute Gasteiger partial charge is 0.120 e. The highest BCUT2D eigenvalue weighted by Crippen LogP contribution is 2.24. The van der Waals surface area contributed by atoms with Crippen LogP contribution < -0.4 is 5.32 Å². The standard InChI is InChI=1S/C13H21NO2/c1-10-6-7-16-13(10)8-14-12-5-3-2-4-11(12)9-15/h6-7,11-12,14-15H,2-5,8-9H2,1H3. The van der Waals surface area contributed by atoms with E-state index in [0.29, 0.717) is 18.6 Å². The summed E-state index contributed by atoms with van der Waals surface area (Å²) in [4.78, 5) is 0. The van der Waals surface area contributed by atoms with Crippen molar-refractivity contribution in [2.24, 2.45) is 5.92 Å². The summed E-state index contributed by atoms with van der Waals surface area (Å²) in [5, 5.41) is 12.8. The van der Waals surface area contributed by atoms with Gasteiger partial charge < -0.3 is 14.8 Å². The third-order valence-electron chi connectivity index (χ3n) is 3.64. The van der Waals surface area contributed by atoms with Crippen LogP contribution in [0.3, 0.4) is 0 Å². The SMILES string of the molecule is Cc1ccoc1CNC1CCCCC1CO. The van der Waals surface area contributed by atoms with Gasteiger partial charge >= 0.3 is 0 Å². The molecule has 0 radical (unpaired) electrons. The average Bonchev–Trinajstić information content (AvgIpc) is 2.72. The van der Waals surface area contributed by atoms with Crippen LogP contribution in [0.5, 0.6) is 0 Å². The number of hydrogen-bond donors (Lipinski definition) is 2. The Morgan fingerprint density at radius 2 is 2.25 bits per heavy atom. The Kier molecular flexibility index (Phi) is 4.02. The first-order valence-corrected chi connectivity index (χ1v) is 6.18. The highest BCUT2D eigenvalue weighted by Gasteiger charge is 2.24. The zero-order valence-electron chi connectivity index (χ0n) is 9.91. The van der Waals surface area contributed by atoms with Gasteiger partial charge in [-0.2, -0.15) is 0 Å². The van der Waals surface area contributed by atoms with Crippen molar-refractivity contribution in [3.05, 3.63) is 23.7 Å². The lowest BCUT2D eigenvalue weighted by atomic mass is 9.85. The lowest BCUT2D eigenvalue weighted by Gasteiger charge is -2.30. The summed E-state index contributed by atoms with van der Waals surface area (Å²) >= 11 is 0. The van der Waals surface area contributed by atoms with Crippen molar-refractivity contribution >= 4 is 0 Å². The van der Waals surface area contributed by atoms with Gasteiger partial charge in [-0.25, -0.2) is 0 Å². The normalized spacial score (nSPS) is 25.9. The van der Waals surface area contributed by atoms with Gasteiger partial charge in [0.25, 0.3) is 0 Å². The molecule has 2 atom stereocenters. The minimum atomic E-state index is 0.300. The van der Waals surface area contributed by atoms with Gasteiger partial charge in [0.1, 0.15) is 5.76 Å². The van der Waals surface area contributed by atoms with E-state index in [0.717, 1.165) is 18.7 Å². The quantitative estimate of drug-likeness (QED) is 0.822. The molecule has 0 bridgehead atoms. The molecule has 3 heteroatoms. The van der Waals surface area contributed by atoms with E-state index in [1.54, 1.807) is 6.26 Å². The zero-order valence-corrected chi connectivity index (χ0v) is 9.91. The van der Waals surface area contributed by atoms with Gasteiger partial charge in [-0.1, -0.05) is 12.8 Å². The summed E-state index contributed by atoms with van der Waals surface area (Å²) in [5.74, 6) is 1.44. The Bertz CT molecular complexity index is 321. The van der Waals surface area contributed by atoms with Crippen LogP contribution >= 0.6 is 0 Å².